The Labute approximate surface area is 187 Å². The summed E-state index contributed by atoms with van der Waals surface area (Å²) in [6.07, 6.45) is 3.82. The molecule has 6 heteroatoms. The third kappa shape index (κ3) is 3.74. The maximum absolute atomic E-state index is 13.0. The van der Waals surface area contributed by atoms with Crippen LogP contribution in [0.4, 0.5) is 0 Å². The Kier molecular flexibility index (Phi) is 5.37. The molecule has 1 amide bonds. The predicted molar refractivity (Wildman–Crippen MR) is 127 cm³/mol. The monoisotopic (exact) mass is 426 g/mol. The average Bonchev–Trinajstić information content (AvgIpc) is 3.27. The molecule has 0 spiro atoms. The van der Waals surface area contributed by atoms with Crippen LogP contribution in [0.25, 0.3) is 33.3 Å². The molecule has 0 aliphatic carbocycles. The molecule has 1 aliphatic rings. The van der Waals surface area contributed by atoms with Crippen LogP contribution in [0.3, 0.4) is 0 Å². The first-order chi connectivity index (χ1) is 15.6. The molecule has 2 aromatic heterocycles. The van der Waals surface area contributed by atoms with Gasteiger partial charge in [0.15, 0.2) is 0 Å². The molecule has 162 valence electrons. The number of aromatic amines is 1. The molecule has 32 heavy (non-hydrogen) atoms. The third-order valence-electron chi connectivity index (χ3n) is 6.16. The molecule has 4 aromatic rings. The molecular formula is C26H26N4O2. The maximum atomic E-state index is 13.0. The molecule has 0 radical (unpaired) electrons. The van der Waals surface area contributed by atoms with E-state index in [1.807, 2.05) is 65.8 Å². The van der Waals surface area contributed by atoms with Crippen molar-refractivity contribution < 1.29 is 9.53 Å². The fraction of sp³-hybridized carbons (Fsp3) is 0.231. The minimum absolute atomic E-state index is 0.0883. The first kappa shape index (κ1) is 20.3. The number of piperazine rings is 1. The van der Waals surface area contributed by atoms with Crippen molar-refractivity contribution in [3.05, 3.63) is 72.6 Å². The van der Waals surface area contributed by atoms with E-state index in [2.05, 4.69) is 28.0 Å². The number of para-hydroxylation sites is 1. The molecule has 1 saturated heterocycles. The van der Waals surface area contributed by atoms with Crippen molar-refractivity contribution >= 4 is 16.9 Å². The Morgan fingerprint density at radius 2 is 1.78 bits per heavy atom. The van der Waals surface area contributed by atoms with Crippen LogP contribution < -0.4 is 4.74 Å². The zero-order chi connectivity index (χ0) is 22.1. The fourth-order valence-electron chi connectivity index (χ4n) is 4.28. The Bertz CT molecular complexity index is 1270. The first-order valence-electron chi connectivity index (χ1n) is 10.8. The van der Waals surface area contributed by atoms with Gasteiger partial charge in [0.25, 0.3) is 5.91 Å². The summed E-state index contributed by atoms with van der Waals surface area (Å²) in [7, 11) is 3.77. The molecule has 1 N–H and O–H groups in total. The number of carbonyl (C=O) groups is 1. The number of hydrogen-bond donors (Lipinski definition) is 1. The number of nitrogens with zero attached hydrogens (tertiary/aromatic N) is 3. The van der Waals surface area contributed by atoms with Crippen LogP contribution in [0.5, 0.6) is 5.75 Å². The van der Waals surface area contributed by atoms with Crippen LogP contribution >= 0.6 is 0 Å². The second kappa shape index (κ2) is 8.48. The van der Waals surface area contributed by atoms with Gasteiger partial charge in [0, 0.05) is 66.2 Å². The molecule has 1 fully saturated rings. The van der Waals surface area contributed by atoms with Gasteiger partial charge in [0.05, 0.1) is 7.11 Å². The van der Waals surface area contributed by atoms with Crippen LogP contribution in [-0.2, 0) is 0 Å². The van der Waals surface area contributed by atoms with Gasteiger partial charge >= 0.3 is 0 Å². The summed E-state index contributed by atoms with van der Waals surface area (Å²) in [4.78, 5) is 25.1. The molecule has 6 nitrogen and oxygen atoms in total. The normalized spacial score (nSPS) is 14.6. The van der Waals surface area contributed by atoms with Gasteiger partial charge in [-0.1, -0.05) is 30.3 Å². The van der Waals surface area contributed by atoms with Crippen molar-refractivity contribution in [2.24, 2.45) is 0 Å². The van der Waals surface area contributed by atoms with Crippen LogP contribution in [0.1, 0.15) is 10.4 Å². The number of carbonyl (C=O) groups excluding carboxylic acids is 1. The molecule has 0 bridgehead atoms. The molecular weight excluding hydrogens is 400 g/mol. The lowest BCUT2D eigenvalue weighted by Crippen LogP contribution is -2.47. The second-order valence-corrected chi connectivity index (χ2v) is 8.20. The lowest BCUT2D eigenvalue weighted by Gasteiger charge is -2.32. The number of aromatic nitrogens is 2. The number of ether oxygens (including phenoxy) is 1. The van der Waals surface area contributed by atoms with Crippen molar-refractivity contribution in [2.45, 2.75) is 0 Å². The van der Waals surface area contributed by atoms with Crippen LogP contribution in [0.2, 0.25) is 0 Å². The lowest BCUT2D eigenvalue weighted by molar-refractivity contribution is 0.0664. The molecule has 3 heterocycles. The van der Waals surface area contributed by atoms with E-state index in [1.54, 1.807) is 7.11 Å². The fourth-order valence-corrected chi connectivity index (χ4v) is 4.28. The summed E-state index contributed by atoms with van der Waals surface area (Å²) < 4.78 is 5.56. The van der Waals surface area contributed by atoms with Crippen molar-refractivity contribution in [3.8, 4) is 28.0 Å². The standard InChI is InChI=1S/C26H26N4O2/c1-29-10-12-30(13-11-29)26(31)19-7-5-6-18(14-19)20-15-22-23(17-28-25(22)27-16-20)21-8-3-4-9-24(21)32-2/h3-9,14-17H,10-13H2,1-2H3,(H,27,28). The number of hydrogen-bond acceptors (Lipinski definition) is 4. The van der Waals surface area contributed by atoms with Gasteiger partial charge in [-0.25, -0.2) is 4.98 Å². The van der Waals surface area contributed by atoms with Gasteiger partial charge in [-0.3, -0.25) is 4.79 Å². The Balaban J connectivity index is 1.50. The number of methoxy groups -OCH3 is 1. The van der Waals surface area contributed by atoms with E-state index < -0.39 is 0 Å². The summed E-state index contributed by atoms with van der Waals surface area (Å²) in [6.45, 7) is 3.34. The number of benzene rings is 2. The zero-order valence-corrected chi connectivity index (χ0v) is 18.3. The topological polar surface area (TPSA) is 61.5 Å². The summed E-state index contributed by atoms with van der Waals surface area (Å²) >= 11 is 0. The second-order valence-electron chi connectivity index (χ2n) is 8.20. The molecule has 0 saturated carbocycles. The van der Waals surface area contributed by atoms with Gasteiger partial charge in [-0.2, -0.15) is 0 Å². The zero-order valence-electron chi connectivity index (χ0n) is 18.3. The highest BCUT2D eigenvalue weighted by Crippen LogP contribution is 2.36. The Morgan fingerprint density at radius 3 is 2.59 bits per heavy atom. The minimum Gasteiger partial charge on any atom is -0.496 e. The molecule has 0 atom stereocenters. The van der Waals surface area contributed by atoms with E-state index in [9.17, 15) is 4.79 Å². The average molecular weight is 427 g/mol. The van der Waals surface area contributed by atoms with E-state index in [-0.39, 0.29) is 5.91 Å². The largest absolute Gasteiger partial charge is 0.496 e. The van der Waals surface area contributed by atoms with Crippen molar-refractivity contribution in [1.29, 1.82) is 0 Å². The van der Waals surface area contributed by atoms with Gasteiger partial charge < -0.3 is 19.5 Å². The SMILES string of the molecule is COc1ccccc1-c1c[nH]c2ncc(-c3cccc(C(=O)N4CCN(C)CC4)c3)cc12. The van der Waals surface area contributed by atoms with Gasteiger partial charge in [-0.15, -0.1) is 0 Å². The highest BCUT2D eigenvalue weighted by Gasteiger charge is 2.21. The van der Waals surface area contributed by atoms with Crippen LogP contribution in [-0.4, -0.2) is 66.0 Å². The summed E-state index contributed by atoms with van der Waals surface area (Å²) in [6, 6.07) is 17.9. The van der Waals surface area contributed by atoms with E-state index in [0.717, 1.165) is 65.2 Å². The summed E-state index contributed by atoms with van der Waals surface area (Å²) in [5.41, 5.74) is 5.54. The quantitative estimate of drug-likeness (QED) is 0.529. The van der Waals surface area contributed by atoms with E-state index >= 15 is 0 Å². The van der Waals surface area contributed by atoms with Crippen LogP contribution in [0.15, 0.2) is 67.0 Å². The summed E-state index contributed by atoms with van der Waals surface area (Å²) in [5.74, 6) is 0.906. The molecule has 1 aliphatic heterocycles. The number of H-pyrrole nitrogens is 1. The number of amides is 1. The first-order valence-corrected chi connectivity index (χ1v) is 10.8. The number of pyridine rings is 1. The Morgan fingerprint density at radius 1 is 0.969 bits per heavy atom. The smallest absolute Gasteiger partial charge is 0.253 e. The van der Waals surface area contributed by atoms with Crippen molar-refractivity contribution in [2.75, 3.05) is 40.3 Å². The number of nitrogens with one attached hydrogen (secondary N) is 1. The number of fused-ring (bicyclic) bond motifs is 1. The van der Waals surface area contributed by atoms with Crippen molar-refractivity contribution in [1.82, 2.24) is 19.8 Å². The highest BCUT2D eigenvalue weighted by molar-refractivity contribution is 5.98. The van der Waals surface area contributed by atoms with Gasteiger partial charge in [-0.05, 0) is 36.9 Å². The van der Waals surface area contributed by atoms with Crippen molar-refractivity contribution in [3.63, 3.8) is 0 Å². The Hall–Kier alpha value is -3.64. The highest BCUT2D eigenvalue weighted by atomic mass is 16.5. The number of likely N-dealkylation sites (N-methyl/N-ethyl adjacent to an activating group) is 1. The molecule has 5 rings (SSSR count). The molecule has 2 aromatic carbocycles. The van der Waals surface area contributed by atoms with E-state index in [4.69, 9.17) is 4.74 Å². The number of rotatable bonds is 4. The van der Waals surface area contributed by atoms with E-state index in [1.165, 1.54) is 0 Å². The van der Waals surface area contributed by atoms with Gasteiger partial charge in [0.1, 0.15) is 11.4 Å². The van der Waals surface area contributed by atoms with Crippen LogP contribution in [0, 0.1) is 0 Å². The predicted octanol–water partition coefficient (Wildman–Crippen LogP) is 4.29. The third-order valence-corrected chi connectivity index (χ3v) is 6.16. The van der Waals surface area contributed by atoms with E-state index in [0.29, 0.717) is 5.56 Å². The van der Waals surface area contributed by atoms with Gasteiger partial charge in [0.2, 0.25) is 0 Å². The molecule has 0 unspecified atom stereocenters. The summed E-state index contributed by atoms with van der Waals surface area (Å²) in [5, 5.41) is 1.02. The maximum Gasteiger partial charge on any atom is 0.253 e. The lowest BCUT2D eigenvalue weighted by atomic mass is 10.00. The minimum atomic E-state index is 0.0883.